The van der Waals surface area contributed by atoms with Crippen LogP contribution in [0.3, 0.4) is 0 Å². The van der Waals surface area contributed by atoms with Gasteiger partial charge in [0.25, 0.3) is 13.4 Å². The maximum absolute atomic E-state index is 9.58. The van der Waals surface area contributed by atoms with Crippen molar-refractivity contribution in [2.24, 2.45) is 0 Å². The Kier molecular flexibility index (Phi) is 31.3. The molecular weight excluding hydrogens is 1570 g/mol. The number of anilines is 12. The van der Waals surface area contributed by atoms with Gasteiger partial charge < -0.3 is 19.6 Å². The number of hydrogen-bond donors (Lipinski definition) is 0. The van der Waals surface area contributed by atoms with E-state index >= 15 is 0 Å². The summed E-state index contributed by atoms with van der Waals surface area (Å²) in [7, 11) is 0. The standard InChI is InChI=1S/2C56H65BN2.6C2H6/c2*1-52(2,3)37-21-19-36(20-22-37)43-33-39(54(7,8)9)26-31-46(43)59-49-18-16-17-48-51(49)57(44-30-25-41(35-50(44)59)56(13,14)15)45-34-40(55(10,11)12)27-32-47(45)58(48)42-28-23-38(24-29-42)53(4,5)6;6*1-2/h2*16-35H,1-15H3;6*1-2H3/i16D;;;;;;;. The van der Waals surface area contributed by atoms with Crippen molar-refractivity contribution in [2.75, 3.05) is 19.6 Å². The predicted molar refractivity (Wildman–Crippen MR) is 587 cm³/mol. The Bertz CT molecular complexity index is 5910. The molecule has 6 heteroatoms. The zero-order valence-corrected chi connectivity index (χ0v) is 89.0. The second-order valence-corrected chi connectivity index (χ2v) is 44.9. The average molecular weight is 1740 g/mol. The van der Waals surface area contributed by atoms with Crippen LogP contribution in [0.25, 0.3) is 22.3 Å². The molecule has 0 bridgehead atoms. The number of rotatable bonds is 6. The molecule has 688 valence electrons. The summed E-state index contributed by atoms with van der Waals surface area (Å²) in [6.45, 7) is 93.2. The molecule has 12 aromatic rings. The summed E-state index contributed by atoms with van der Waals surface area (Å²) in [5.74, 6) is 0. The van der Waals surface area contributed by atoms with E-state index in [1.54, 1.807) is 0 Å². The molecule has 16 rings (SSSR count). The van der Waals surface area contributed by atoms with Crippen molar-refractivity contribution in [2.45, 2.75) is 345 Å². The van der Waals surface area contributed by atoms with Gasteiger partial charge >= 0.3 is 0 Å². The molecule has 0 atom stereocenters. The van der Waals surface area contributed by atoms with Crippen LogP contribution in [-0.2, 0) is 54.1 Å². The van der Waals surface area contributed by atoms with Gasteiger partial charge in [0, 0.05) is 68.0 Å². The lowest BCUT2D eigenvalue weighted by Gasteiger charge is -2.45. The van der Waals surface area contributed by atoms with E-state index < -0.39 is 0 Å². The fourth-order valence-corrected chi connectivity index (χ4v) is 18.1. The molecule has 12 aromatic carbocycles. The SMILES string of the molecule is CC.CC.CC.CC.CC.CC.CC(C)(C)c1ccc(-c2cc(C(C)(C)C)ccc2N2c3cc(C(C)(C)C)ccc3B3c4cc(C(C)(C)C)ccc4N(c4ccc(C(C)(C)C)cc4)c4cccc2c43)cc1.[2H]c1cc2c3c(c1)N(c1ccc(C(C)(C)C)cc1-c1ccc(C(C)(C)C)cc1)c1cc(C(C)(C)C)ccc1B3c1cc(C(C)(C)C)ccc1N2c1ccc(C(C)(C)C)cc1. The lowest BCUT2D eigenvalue weighted by atomic mass is 9.33. The van der Waals surface area contributed by atoms with E-state index in [4.69, 9.17) is 0 Å². The van der Waals surface area contributed by atoms with Gasteiger partial charge in [-0.15, -0.1) is 0 Å². The Morgan fingerprint density at radius 3 is 0.677 bits per heavy atom. The topological polar surface area (TPSA) is 13.0 Å². The lowest BCUT2D eigenvalue weighted by Crippen LogP contribution is -2.61. The highest BCUT2D eigenvalue weighted by Gasteiger charge is 2.47. The van der Waals surface area contributed by atoms with Crippen LogP contribution in [0.4, 0.5) is 68.2 Å². The van der Waals surface area contributed by atoms with Gasteiger partial charge in [0.1, 0.15) is 0 Å². The summed E-state index contributed by atoms with van der Waals surface area (Å²) >= 11 is 0. The highest BCUT2D eigenvalue weighted by Crippen LogP contribution is 2.52. The fourth-order valence-electron chi connectivity index (χ4n) is 18.1. The van der Waals surface area contributed by atoms with E-state index in [1.165, 1.54) is 156 Å². The van der Waals surface area contributed by atoms with Gasteiger partial charge in [0.15, 0.2) is 0 Å². The minimum absolute atomic E-state index is 0.000122. The van der Waals surface area contributed by atoms with Crippen LogP contribution in [0.5, 0.6) is 0 Å². The average Bonchev–Trinajstić information content (AvgIpc) is 0.700. The molecule has 4 aliphatic heterocycles. The molecule has 0 saturated carbocycles. The van der Waals surface area contributed by atoms with Crippen molar-refractivity contribution in [3.05, 3.63) is 298 Å². The first-order valence-electron chi connectivity index (χ1n) is 50.0. The minimum atomic E-state index is -0.0645. The van der Waals surface area contributed by atoms with Gasteiger partial charge in [-0.05, 0) is 251 Å². The first kappa shape index (κ1) is 102. The molecule has 130 heavy (non-hydrogen) atoms. The third kappa shape index (κ3) is 21.2. The van der Waals surface area contributed by atoms with Crippen LogP contribution in [0.1, 0.15) is 348 Å². The van der Waals surface area contributed by atoms with Gasteiger partial charge in [-0.2, -0.15) is 0 Å². The molecule has 0 saturated heterocycles. The monoisotopic (exact) mass is 1730 g/mol. The van der Waals surface area contributed by atoms with Crippen molar-refractivity contribution in [1.82, 2.24) is 0 Å². The van der Waals surface area contributed by atoms with E-state index in [0.29, 0.717) is 6.04 Å². The molecule has 0 amide bonds. The number of hydrogen-bond acceptors (Lipinski definition) is 4. The molecule has 0 N–H and O–H groups in total. The van der Waals surface area contributed by atoms with Crippen molar-refractivity contribution >= 4 is 114 Å². The molecule has 0 aromatic heterocycles. The number of benzene rings is 12. The summed E-state index contributed by atoms with van der Waals surface area (Å²) in [6.07, 6.45) is 0. The molecule has 0 unspecified atom stereocenters. The second kappa shape index (κ2) is 39.8. The summed E-state index contributed by atoms with van der Waals surface area (Å²) in [5.41, 5.74) is 40.2. The van der Waals surface area contributed by atoms with Crippen molar-refractivity contribution in [3.8, 4) is 22.3 Å². The molecule has 4 aliphatic rings. The molecule has 0 fully saturated rings. The van der Waals surface area contributed by atoms with Crippen LogP contribution >= 0.6 is 0 Å². The zero-order chi connectivity index (χ0) is 98.1. The Morgan fingerprint density at radius 2 is 0.400 bits per heavy atom. The largest absolute Gasteiger partial charge is 0.311 e. The van der Waals surface area contributed by atoms with E-state index in [-0.39, 0.29) is 67.6 Å². The van der Waals surface area contributed by atoms with Crippen molar-refractivity contribution in [1.29, 1.82) is 0 Å². The molecule has 4 nitrogen and oxygen atoms in total. The summed E-state index contributed by atoms with van der Waals surface area (Å²) < 4.78 is 9.58. The fraction of sp³-hybridized carbons (Fsp3) is 0.419. The molecule has 0 aliphatic carbocycles. The lowest BCUT2D eigenvalue weighted by molar-refractivity contribution is 0.589. The van der Waals surface area contributed by atoms with Crippen LogP contribution in [0, 0.1) is 0 Å². The molecule has 4 heterocycles. The quantitative estimate of drug-likeness (QED) is 0.154. The van der Waals surface area contributed by atoms with Gasteiger partial charge in [-0.1, -0.05) is 436 Å². The Balaban J connectivity index is 0.000000265. The van der Waals surface area contributed by atoms with Gasteiger partial charge in [-0.25, -0.2) is 0 Å². The van der Waals surface area contributed by atoms with Crippen LogP contribution in [0.15, 0.2) is 243 Å². The summed E-state index contributed by atoms with van der Waals surface area (Å²) in [6, 6.07) is 92.1. The highest BCUT2D eigenvalue weighted by molar-refractivity contribution is 7.01. The molecular formula is C124H166B2N4. The van der Waals surface area contributed by atoms with E-state index in [1.807, 2.05) is 83.1 Å². The number of fused-ring (bicyclic) bond motifs is 8. The van der Waals surface area contributed by atoms with Crippen molar-refractivity contribution < 1.29 is 1.37 Å². The van der Waals surface area contributed by atoms with Crippen molar-refractivity contribution in [3.63, 3.8) is 0 Å². The van der Waals surface area contributed by atoms with E-state index in [2.05, 4.69) is 464 Å². The maximum atomic E-state index is 9.58. The van der Waals surface area contributed by atoms with Gasteiger partial charge in [0.05, 0.1) is 12.7 Å². The smallest absolute Gasteiger partial charge is 0.252 e. The summed E-state index contributed by atoms with van der Waals surface area (Å²) in [5, 5.41) is 0. The first-order chi connectivity index (χ1) is 61.2. The van der Waals surface area contributed by atoms with Crippen LogP contribution < -0.4 is 52.4 Å². The Morgan fingerprint density at radius 1 is 0.185 bits per heavy atom. The van der Waals surface area contributed by atoms with Crippen LogP contribution in [-0.4, -0.2) is 13.4 Å². The van der Waals surface area contributed by atoms with Gasteiger partial charge in [-0.3, -0.25) is 0 Å². The third-order valence-electron chi connectivity index (χ3n) is 25.7. The molecule has 0 spiro atoms. The Labute approximate surface area is 795 Å². The summed E-state index contributed by atoms with van der Waals surface area (Å²) in [4.78, 5) is 10.1. The molecule has 0 radical (unpaired) electrons. The van der Waals surface area contributed by atoms with Gasteiger partial charge in [0.2, 0.25) is 0 Å². The first-order valence-corrected chi connectivity index (χ1v) is 49.5. The van der Waals surface area contributed by atoms with Crippen LogP contribution in [0.2, 0.25) is 0 Å². The normalized spacial score (nSPS) is 13.3. The second-order valence-electron chi connectivity index (χ2n) is 44.9. The number of nitrogens with zero attached hydrogens (tertiary/aromatic N) is 4. The highest BCUT2D eigenvalue weighted by atomic mass is 15.2. The third-order valence-corrected chi connectivity index (χ3v) is 25.7. The zero-order valence-electron chi connectivity index (χ0n) is 90.0. The Hall–Kier alpha value is -10.0. The van der Waals surface area contributed by atoms with E-state index in [0.717, 1.165) is 22.7 Å². The van der Waals surface area contributed by atoms with E-state index in [9.17, 15) is 1.37 Å². The minimum Gasteiger partial charge on any atom is -0.311 e. The predicted octanol–water partition coefficient (Wildman–Crippen LogP) is 34.0. The maximum Gasteiger partial charge on any atom is 0.252 e.